The van der Waals surface area contributed by atoms with Crippen LogP contribution < -0.4 is 10.6 Å². The van der Waals surface area contributed by atoms with Gasteiger partial charge in [0, 0.05) is 44.7 Å². The van der Waals surface area contributed by atoms with E-state index >= 15 is 0 Å². The van der Waals surface area contributed by atoms with E-state index < -0.39 is 0 Å². The molecule has 5 heteroatoms. The fourth-order valence-corrected chi connectivity index (χ4v) is 3.57. The van der Waals surface area contributed by atoms with Gasteiger partial charge in [-0.25, -0.2) is 0 Å². The number of rotatable bonds is 6. The summed E-state index contributed by atoms with van der Waals surface area (Å²) in [6.45, 7) is 4.57. The second kappa shape index (κ2) is 8.81. The molecule has 1 saturated heterocycles. The lowest BCUT2D eigenvalue weighted by Crippen LogP contribution is -2.52. The third kappa shape index (κ3) is 4.61. The molecule has 1 aliphatic heterocycles. The number of piperazine rings is 1. The van der Waals surface area contributed by atoms with Crippen molar-refractivity contribution in [3.05, 3.63) is 48.0 Å². The molecule has 2 aromatic carbocycles. The Morgan fingerprint density at radius 1 is 1.15 bits per heavy atom. The molecule has 0 aliphatic carbocycles. The molecule has 0 bridgehead atoms. The Bertz CT molecular complexity index is 769. The van der Waals surface area contributed by atoms with Crippen molar-refractivity contribution in [2.45, 2.75) is 32.2 Å². The summed E-state index contributed by atoms with van der Waals surface area (Å²) in [7, 11) is 0. The second-order valence-corrected chi connectivity index (χ2v) is 6.91. The number of fused-ring (bicyclic) bond motifs is 1. The Kier molecular flexibility index (Phi) is 6.23. The molecule has 2 N–H and O–H groups in total. The summed E-state index contributed by atoms with van der Waals surface area (Å²) in [5, 5.41) is 8.45. The maximum absolute atomic E-state index is 13.1. The molecule has 0 aromatic heterocycles. The first-order valence-corrected chi connectivity index (χ1v) is 9.40. The largest absolute Gasteiger partial charge is 0.356 e. The van der Waals surface area contributed by atoms with Gasteiger partial charge in [0.1, 0.15) is 0 Å². The van der Waals surface area contributed by atoms with Gasteiger partial charge in [0.25, 0.3) is 5.91 Å². The fourth-order valence-electron chi connectivity index (χ4n) is 3.57. The predicted octanol–water partition coefficient (Wildman–Crippen LogP) is 2.56. The van der Waals surface area contributed by atoms with Crippen molar-refractivity contribution in [3.63, 3.8) is 0 Å². The van der Waals surface area contributed by atoms with Gasteiger partial charge in [-0.3, -0.25) is 9.59 Å². The van der Waals surface area contributed by atoms with Crippen LogP contribution in [0.25, 0.3) is 10.8 Å². The molecule has 2 amide bonds. The van der Waals surface area contributed by atoms with E-state index in [0.29, 0.717) is 6.04 Å². The van der Waals surface area contributed by atoms with Crippen LogP contribution in [-0.4, -0.2) is 48.9 Å². The van der Waals surface area contributed by atoms with Crippen LogP contribution in [0.2, 0.25) is 0 Å². The Morgan fingerprint density at radius 2 is 1.96 bits per heavy atom. The SMILES string of the molecule is CC(=O)NCCCCC1CN(C(=O)c2cccc3ccccc23)CCN1. The van der Waals surface area contributed by atoms with E-state index in [1.807, 2.05) is 47.4 Å². The first kappa shape index (κ1) is 18.4. The molecule has 26 heavy (non-hydrogen) atoms. The lowest BCUT2D eigenvalue weighted by Gasteiger charge is -2.34. The number of benzene rings is 2. The number of nitrogens with one attached hydrogen (secondary N) is 2. The molecule has 1 aliphatic rings. The van der Waals surface area contributed by atoms with Crippen molar-refractivity contribution in [2.75, 3.05) is 26.2 Å². The van der Waals surface area contributed by atoms with Crippen molar-refractivity contribution < 1.29 is 9.59 Å². The molecule has 2 aromatic rings. The van der Waals surface area contributed by atoms with E-state index in [9.17, 15) is 9.59 Å². The molecule has 5 nitrogen and oxygen atoms in total. The molecule has 1 unspecified atom stereocenters. The monoisotopic (exact) mass is 353 g/mol. The lowest BCUT2D eigenvalue weighted by atomic mass is 10.0. The van der Waals surface area contributed by atoms with Gasteiger partial charge in [-0.15, -0.1) is 0 Å². The quantitative estimate of drug-likeness (QED) is 0.785. The number of nitrogens with zero attached hydrogens (tertiary/aromatic N) is 1. The number of unbranched alkanes of at least 4 members (excludes halogenated alkanes) is 1. The Balaban J connectivity index is 1.58. The number of amides is 2. The fraction of sp³-hybridized carbons (Fsp3) is 0.429. The van der Waals surface area contributed by atoms with Crippen LogP contribution >= 0.6 is 0 Å². The van der Waals surface area contributed by atoms with Crippen LogP contribution in [0.3, 0.4) is 0 Å². The number of carbonyl (C=O) groups excluding carboxylic acids is 2. The summed E-state index contributed by atoms with van der Waals surface area (Å²) < 4.78 is 0. The van der Waals surface area contributed by atoms with Gasteiger partial charge in [0.2, 0.25) is 5.91 Å². The summed E-state index contributed by atoms with van der Waals surface area (Å²) in [6.07, 6.45) is 3.02. The van der Waals surface area contributed by atoms with Gasteiger partial charge < -0.3 is 15.5 Å². The normalized spacial score (nSPS) is 17.3. The molecule has 0 spiro atoms. The standard InChI is InChI=1S/C21H27N3O2/c1-16(25)22-12-5-4-9-18-15-24(14-13-23-18)21(26)20-11-6-8-17-7-2-3-10-19(17)20/h2-3,6-8,10-11,18,23H,4-5,9,12-15H2,1H3,(H,22,25). The minimum atomic E-state index is 0.0210. The minimum Gasteiger partial charge on any atom is -0.356 e. The Hall–Kier alpha value is -2.40. The number of carbonyl (C=O) groups is 2. The molecular formula is C21H27N3O2. The van der Waals surface area contributed by atoms with Gasteiger partial charge in [-0.05, 0) is 29.7 Å². The maximum Gasteiger partial charge on any atom is 0.254 e. The molecule has 1 fully saturated rings. The van der Waals surface area contributed by atoms with Crippen LogP contribution in [0.4, 0.5) is 0 Å². The predicted molar refractivity (Wildman–Crippen MR) is 104 cm³/mol. The summed E-state index contributed by atoms with van der Waals surface area (Å²) in [5.41, 5.74) is 0.786. The van der Waals surface area contributed by atoms with E-state index in [2.05, 4.69) is 10.6 Å². The van der Waals surface area contributed by atoms with Crippen LogP contribution in [0.1, 0.15) is 36.5 Å². The van der Waals surface area contributed by atoms with E-state index in [-0.39, 0.29) is 11.8 Å². The van der Waals surface area contributed by atoms with Crippen molar-refractivity contribution in [3.8, 4) is 0 Å². The molecule has 0 radical (unpaired) electrons. The number of hydrogen-bond acceptors (Lipinski definition) is 3. The van der Waals surface area contributed by atoms with Crippen molar-refractivity contribution in [1.82, 2.24) is 15.5 Å². The average Bonchev–Trinajstić information content (AvgIpc) is 2.67. The molecule has 0 saturated carbocycles. The first-order valence-electron chi connectivity index (χ1n) is 9.40. The average molecular weight is 353 g/mol. The minimum absolute atomic E-state index is 0.0210. The van der Waals surface area contributed by atoms with Crippen LogP contribution in [0, 0.1) is 0 Å². The highest BCUT2D eigenvalue weighted by Crippen LogP contribution is 2.21. The van der Waals surface area contributed by atoms with E-state index in [1.54, 1.807) is 6.92 Å². The topological polar surface area (TPSA) is 61.4 Å². The van der Waals surface area contributed by atoms with Crippen molar-refractivity contribution >= 4 is 22.6 Å². The highest BCUT2D eigenvalue weighted by Gasteiger charge is 2.24. The molecule has 138 valence electrons. The van der Waals surface area contributed by atoms with Crippen molar-refractivity contribution in [2.24, 2.45) is 0 Å². The van der Waals surface area contributed by atoms with Gasteiger partial charge >= 0.3 is 0 Å². The highest BCUT2D eigenvalue weighted by molar-refractivity contribution is 6.07. The summed E-state index contributed by atoms with van der Waals surface area (Å²) in [4.78, 5) is 25.9. The maximum atomic E-state index is 13.1. The molecule has 3 rings (SSSR count). The molecular weight excluding hydrogens is 326 g/mol. The zero-order valence-corrected chi connectivity index (χ0v) is 15.3. The first-order chi connectivity index (χ1) is 12.6. The summed E-state index contributed by atoms with van der Waals surface area (Å²) >= 11 is 0. The van der Waals surface area contributed by atoms with Gasteiger partial charge in [-0.1, -0.05) is 42.8 Å². The molecule has 1 atom stereocenters. The van der Waals surface area contributed by atoms with Gasteiger partial charge in [0.15, 0.2) is 0 Å². The van der Waals surface area contributed by atoms with Crippen LogP contribution in [0.15, 0.2) is 42.5 Å². The highest BCUT2D eigenvalue weighted by atomic mass is 16.2. The third-order valence-electron chi connectivity index (χ3n) is 4.92. The summed E-state index contributed by atoms with van der Waals surface area (Å²) in [6, 6.07) is 14.3. The third-order valence-corrected chi connectivity index (χ3v) is 4.92. The van der Waals surface area contributed by atoms with E-state index in [1.165, 1.54) is 0 Å². The Morgan fingerprint density at radius 3 is 2.81 bits per heavy atom. The lowest BCUT2D eigenvalue weighted by molar-refractivity contribution is -0.118. The van der Waals surface area contributed by atoms with Crippen LogP contribution in [0.5, 0.6) is 0 Å². The second-order valence-electron chi connectivity index (χ2n) is 6.91. The van der Waals surface area contributed by atoms with Crippen molar-refractivity contribution in [1.29, 1.82) is 0 Å². The van der Waals surface area contributed by atoms with E-state index in [0.717, 1.165) is 61.8 Å². The van der Waals surface area contributed by atoms with Gasteiger partial charge in [-0.2, -0.15) is 0 Å². The Labute approximate surface area is 154 Å². The zero-order valence-electron chi connectivity index (χ0n) is 15.3. The van der Waals surface area contributed by atoms with E-state index in [4.69, 9.17) is 0 Å². The molecule has 1 heterocycles. The number of hydrogen-bond donors (Lipinski definition) is 2. The smallest absolute Gasteiger partial charge is 0.254 e. The van der Waals surface area contributed by atoms with Crippen LogP contribution in [-0.2, 0) is 4.79 Å². The zero-order chi connectivity index (χ0) is 18.4. The van der Waals surface area contributed by atoms with Gasteiger partial charge in [0.05, 0.1) is 0 Å². The summed E-state index contributed by atoms with van der Waals surface area (Å²) in [5.74, 6) is 0.138.